The van der Waals surface area contributed by atoms with Gasteiger partial charge in [-0.3, -0.25) is 4.55 Å². The Morgan fingerprint density at radius 2 is 1.78 bits per heavy atom. The van der Waals surface area contributed by atoms with E-state index in [2.05, 4.69) is 0 Å². The van der Waals surface area contributed by atoms with Gasteiger partial charge in [0, 0.05) is 6.61 Å². The molecule has 0 aliphatic heterocycles. The van der Waals surface area contributed by atoms with Crippen molar-refractivity contribution in [3.05, 3.63) is 0 Å². The Labute approximate surface area is 96.8 Å². The average Bonchev–Trinajstić information content (AvgIpc) is 1.59. The van der Waals surface area contributed by atoms with E-state index >= 15 is 0 Å². The minimum absolute atomic E-state index is 0. The number of hydrogen-bond donors (Lipinski definition) is 2. The summed E-state index contributed by atoms with van der Waals surface area (Å²) in [5, 5.41) is 8.05. The number of aliphatic hydroxyl groups is 1. The van der Waals surface area contributed by atoms with Crippen LogP contribution in [0.5, 0.6) is 0 Å². The van der Waals surface area contributed by atoms with E-state index in [-0.39, 0.29) is 70.2 Å². The van der Waals surface area contributed by atoms with Crippen LogP contribution in [-0.4, -0.2) is 81.8 Å². The van der Waals surface area contributed by atoms with Crippen molar-refractivity contribution in [1.82, 2.24) is 0 Å². The maximum absolute atomic E-state index is 9.83. The summed E-state index contributed by atoms with van der Waals surface area (Å²) in [5.74, 6) is -0.358. The molecule has 0 radical (unpaired) electrons. The Bertz CT molecular complexity index is 140. The summed E-state index contributed by atoms with van der Waals surface area (Å²) >= 11 is 0. The molecule has 0 aromatic heterocycles. The Hall–Kier alpha value is 1.51. The van der Waals surface area contributed by atoms with Crippen LogP contribution in [0.2, 0.25) is 0 Å². The van der Waals surface area contributed by atoms with Crippen LogP contribution < -0.4 is 0 Å². The van der Waals surface area contributed by atoms with Gasteiger partial charge in [0.1, 0.15) is 0 Å². The zero-order valence-electron chi connectivity index (χ0n) is 4.24. The zero-order valence-corrected chi connectivity index (χ0v) is 5.06. The third-order valence-corrected chi connectivity index (χ3v) is 1.36. The maximum atomic E-state index is 9.83. The SMILES string of the molecule is O=S(=O)(O)CCCO.[KH]. The molecule has 0 rings (SSSR count). The molecule has 0 bridgehead atoms. The number of hydrogen-bond acceptors (Lipinski definition) is 3. The second-order valence-corrected chi connectivity index (χ2v) is 2.94. The zero-order chi connectivity index (χ0) is 6.62. The van der Waals surface area contributed by atoms with Gasteiger partial charge >= 0.3 is 51.4 Å². The summed E-state index contributed by atoms with van der Waals surface area (Å²) < 4.78 is 27.7. The van der Waals surface area contributed by atoms with E-state index in [0.717, 1.165) is 0 Å². The van der Waals surface area contributed by atoms with Crippen molar-refractivity contribution >= 4 is 61.5 Å². The average molecular weight is 180 g/mol. The molecule has 0 aromatic rings. The van der Waals surface area contributed by atoms with Crippen LogP contribution in [0.15, 0.2) is 0 Å². The Morgan fingerprint density at radius 1 is 1.33 bits per heavy atom. The van der Waals surface area contributed by atoms with Crippen molar-refractivity contribution in [2.24, 2.45) is 0 Å². The molecular weight excluding hydrogens is 171 g/mol. The second-order valence-electron chi connectivity index (χ2n) is 1.36. The summed E-state index contributed by atoms with van der Waals surface area (Å²) in [7, 11) is -3.85. The molecule has 0 aliphatic rings. The molecule has 0 spiro atoms. The summed E-state index contributed by atoms with van der Waals surface area (Å²) in [6.45, 7) is -0.209. The fourth-order valence-electron chi connectivity index (χ4n) is 0.247. The summed E-state index contributed by atoms with van der Waals surface area (Å²) in [5.41, 5.74) is 0. The van der Waals surface area contributed by atoms with Crippen molar-refractivity contribution in [2.75, 3.05) is 12.4 Å². The van der Waals surface area contributed by atoms with Gasteiger partial charge in [-0.25, -0.2) is 0 Å². The van der Waals surface area contributed by atoms with Crippen molar-refractivity contribution in [1.29, 1.82) is 0 Å². The molecule has 4 nitrogen and oxygen atoms in total. The second kappa shape index (κ2) is 6.23. The monoisotopic (exact) mass is 180 g/mol. The van der Waals surface area contributed by atoms with E-state index in [1.807, 2.05) is 0 Å². The molecule has 0 aromatic carbocycles. The van der Waals surface area contributed by atoms with Gasteiger partial charge in [-0.1, -0.05) is 0 Å². The van der Waals surface area contributed by atoms with Crippen molar-refractivity contribution in [3.63, 3.8) is 0 Å². The Balaban J connectivity index is 0. The fraction of sp³-hybridized carbons (Fsp3) is 1.00. The first-order chi connectivity index (χ1) is 3.56. The normalized spacial score (nSPS) is 10.4. The van der Waals surface area contributed by atoms with Gasteiger partial charge in [0.2, 0.25) is 0 Å². The van der Waals surface area contributed by atoms with Crippen LogP contribution in [0.1, 0.15) is 6.42 Å². The molecule has 0 saturated heterocycles. The number of rotatable bonds is 3. The van der Waals surface area contributed by atoms with Crippen molar-refractivity contribution in [3.8, 4) is 0 Å². The standard InChI is InChI=1S/C3H8O4S.K.H/c4-2-1-3-8(5,6)7;;/h4H,1-3H2,(H,5,6,7);;. The molecule has 0 amide bonds. The minimum atomic E-state index is -3.85. The molecule has 0 saturated carbocycles. The first kappa shape index (κ1) is 13.1. The molecular formula is C3H9KO4S. The number of aliphatic hydroxyl groups excluding tert-OH is 1. The Kier molecular flexibility index (Phi) is 9.09. The third-order valence-electron chi connectivity index (χ3n) is 0.560. The first-order valence-corrected chi connectivity index (χ1v) is 3.73. The van der Waals surface area contributed by atoms with E-state index in [1.54, 1.807) is 0 Å². The van der Waals surface area contributed by atoms with Crippen LogP contribution in [0.4, 0.5) is 0 Å². The molecule has 2 N–H and O–H groups in total. The molecule has 52 valence electrons. The van der Waals surface area contributed by atoms with Gasteiger partial charge < -0.3 is 5.11 Å². The van der Waals surface area contributed by atoms with Gasteiger partial charge in [0.15, 0.2) is 0 Å². The van der Waals surface area contributed by atoms with Crippen LogP contribution in [0.25, 0.3) is 0 Å². The quantitative estimate of drug-likeness (QED) is 0.414. The van der Waals surface area contributed by atoms with Crippen molar-refractivity contribution in [2.45, 2.75) is 6.42 Å². The van der Waals surface area contributed by atoms with E-state index in [1.165, 1.54) is 0 Å². The van der Waals surface area contributed by atoms with Crippen LogP contribution in [-0.2, 0) is 10.1 Å². The van der Waals surface area contributed by atoms with Crippen LogP contribution in [0, 0.1) is 0 Å². The molecule has 0 atom stereocenters. The molecule has 0 fully saturated rings. The summed E-state index contributed by atoms with van der Waals surface area (Å²) in [4.78, 5) is 0. The van der Waals surface area contributed by atoms with Crippen molar-refractivity contribution < 1.29 is 18.1 Å². The van der Waals surface area contributed by atoms with Gasteiger partial charge in [-0.2, -0.15) is 8.42 Å². The van der Waals surface area contributed by atoms with Gasteiger partial charge in [0.25, 0.3) is 10.1 Å². The van der Waals surface area contributed by atoms with Gasteiger partial charge in [0.05, 0.1) is 5.75 Å². The van der Waals surface area contributed by atoms with E-state index in [4.69, 9.17) is 9.66 Å². The van der Waals surface area contributed by atoms with Crippen LogP contribution in [0.3, 0.4) is 0 Å². The topological polar surface area (TPSA) is 74.6 Å². The first-order valence-electron chi connectivity index (χ1n) is 2.12. The summed E-state index contributed by atoms with van der Waals surface area (Å²) in [6, 6.07) is 0. The van der Waals surface area contributed by atoms with Gasteiger partial charge in [-0.15, -0.1) is 0 Å². The molecule has 9 heavy (non-hydrogen) atoms. The van der Waals surface area contributed by atoms with Gasteiger partial charge in [-0.05, 0) is 6.42 Å². The third kappa shape index (κ3) is 12.7. The fourth-order valence-corrected chi connectivity index (χ4v) is 0.741. The van der Waals surface area contributed by atoms with E-state index < -0.39 is 10.1 Å². The molecule has 0 unspecified atom stereocenters. The summed E-state index contributed by atoms with van der Waals surface area (Å²) in [6.07, 6.45) is 0.0961. The molecule has 0 aliphatic carbocycles. The predicted molar refractivity (Wildman–Crippen MR) is 35.3 cm³/mol. The Morgan fingerprint density at radius 3 is 1.89 bits per heavy atom. The predicted octanol–water partition coefficient (Wildman–Crippen LogP) is -1.39. The van der Waals surface area contributed by atoms with E-state index in [9.17, 15) is 8.42 Å². The molecule has 0 heterocycles. The van der Waals surface area contributed by atoms with E-state index in [0.29, 0.717) is 0 Å². The molecule has 6 heteroatoms. The van der Waals surface area contributed by atoms with Crippen LogP contribution >= 0.6 is 0 Å².